The van der Waals surface area contributed by atoms with E-state index in [4.69, 9.17) is 16.3 Å². The van der Waals surface area contributed by atoms with Crippen LogP contribution in [0, 0.1) is 0 Å². The predicted octanol–water partition coefficient (Wildman–Crippen LogP) is 4.10. The Kier molecular flexibility index (Phi) is 6.73. The maximum atomic E-state index is 13.5. The summed E-state index contributed by atoms with van der Waals surface area (Å²) in [5, 5.41) is 0.664. The van der Waals surface area contributed by atoms with Crippen LogP contribution in [0.3, 0.4) is 0 Å². The topological polar surface area (TPSA) is 62.2 Å². The average molecular weight is 448 g/mol. The lowest BCUT2D eigenvalue weighted by molar-refractivity contribution is 0.0730. The van der Waals surface area contributed by atoms with Crippen LogP contribution in [-0.4, -0.2) is 58.3 Å². The summed E-state index contributed by atoms with van der Waals surface area (Å²) in [5.74, 6) is 0. The quantitative estimate of drug-likeness (QED) is 0.647. The molecule has 2 aliphatic rings. The van der Waals surface area contributed by atoms with E-state index in [-0.39, 0.29) is 0 Å². The smallest absolute Gasteiger partial charge is 0.245 e. The highest BCUT2D eigenvalue weighted by Gasteiger charge is 2.30. The minimum Gasteiger partial charge on any atom is -0.379 e. The Labute approximate surface area is 183 Å². The molecule has 2 aromatic rings. The molecule has 0 N–H and O–H groups in total. The Morgan fingerprint density at radius 3 is 2.33 bits per heavy atom. The maximum absolute atomic E-state index is 13.5. The molecule has 0 amide bonds. The Balaban J connectivity index is 1.69. The van der Waals surface area contributed by atoms with E-state index in [1.165, 1.54) is 10.7 Å². The molecule has 0 spiro atoms. The summed E-state index contributed by atoms with van der Waals surface area (Å²) in [5.41, 5.74) is 2.28. The molecule has 0 aromatic heterocycles. The van der Waals surface area contributed by atoms with E-state index in [1.807, 2.05) is 24.3 Å². The first-order chi connectivity index (χ1) is 14.5. The zero-order chi connectivity index (χ0) is 21.0. The number of rotatable bonds is 5. The van der Waals surface area contributed by atoms with Gasteiger partial charge in [0.2, 0.25) is 10.0 Å². The molecule has 8 heteroatoms. The Bertz CT molecular complexity index is 997. The van der Waals surface area contributed by atoms with Gasteiger partial charge < -0.3 is 9.64 Å². The lowest BCUT2D eigenvalue weighted by atomic mass is 10.1. The van der Waals surface area contributed by atoms with Crippen molar-refractivity contribution < 1.29 is 13.2 Å². The molecule has 0 aliphatic carbocycles. The van der Waals surface area contributed by atoms with Gasteiger partial charge in [-0.2, -0.15) is 4.31 Å². The van der Waals surface area contributed by atoms with Crippen molar-refractivity contribution in [2.45, 2.75) is 24.2 Å². The van der Waals surface area contributed by atoms with Gasteiger partial charge in [-0.1, -0.05) is 23.7 Å². The third kappa shape index (κ3) is 4.86. The molecule has 0 saturated carbocycles. The fraction of sp³-hybridized carbons (Fsp3) is 0.409. The number of sulfonamides is 1. The SMILES string of the molecule is O=S(=O)(c1cc(N=Cc2ccc(Cl)cc2)ccc1N1CCCCC1)N1CCOCC1. The van der Waals surface area contributed by atoms with Gasteiger partial charge in [0.15, 0.2) is 0 Å². The molecule has 2 aliphatic heterocycles. The predicted molar refractivity (Wildman–Crippen MR) is 121 cm³/mol. The van der Waals surface area contributed by atoms with Crippen LogP contribution in [0.2, 0.25) is 5.02 Å². The normalized spacial score (nSPS) is 18.8. The number of hydrogen-bond donors (Lipinski definition) is 0. The molecule has 2 heterocycles. The van der Waals surface area contributed by atoms with Crippen LogP contribution in [-0.2, 0) is 14.8 Å². The Morgan fingerprint density at radius 1 is 0.933 bits per heavy atom. The number of ether oxygens (including phenoxy) is 1. The fourth-order valence-electron chi connectivity index (χ4n) is 3.81. The zero-order valence-corrected chi connectivity index (χ0v) is 18.4. The molecule has 30 heavy (non-hydrogen) atoms. The van der Waals surface area contributed by atoms with Crippen molar-refractivity contribution in [1.29, 1.82) is 0 Å². The lowest BCUT2D eigenvalue weighted by Crippen LogP contribution is -2.41. The van der Waals surface area contributed by atoms with Crippen molar-refractivity contribution in [3.05, 3.63) is 53.1 Å². The number of aliphatic imine (C=N–C) groups is 1. The third-order valence-corrected chi connectivity index (χ3v) is 7.64. The number of benzene rings is 2. The lowest BCUT2D eigenvalue weighted by Gasteiger charge is -2.32. The van der Waals surface area contributed by atoms with Crippen LogP contribution in [0.25, 0.3) is 0 Å². The van der Waals surface area contributed by atoms with E-state index in [2.05, 4.69) is 9.89 Å². The second kappa shape index (κ2) is 9.47. The standard InChI is InChI=1S/C22H26ClN3O3S/c23-19-6-4-18(5-7-19)17-24-20-8-9-21(25-10-2-1-3-11-25)22(16-20)30(27,28)26-12-14-29-15-13-26/h4-9,16-17H,1-3,10-15H2. The molecular weight excluding hydrogens is 422 g/mol. The summed E-state index contributed by atoms with van der Waals surface area (Å²) in [7, 11) is -3.63. The molecule has 2 aromatic carbocycles. The Hall–Kier alpha value is -1.93. The van der Waals surface area contributed by atoms with E-state index >= 15 is 0 Å². The van der Waals surface area contributed by atoms with Gasteiger partial charge in [-0.3, -0.25) is 4.99 Å². The molecule has 0 radical (unpaired) electrons. The summed E-state index contributed by atoms with van der Waals surface area (Å²) < 4.78 is 33.9. The molecular formula is C22H26ClN3O3S. The highest BCUT2D eigenvalue weighted by atomic mass is 35.5. The van der Waals surface area contributed by atoms with E-state index in [9.17, 15) is 8.42 Å². The van der Waals surface area contributed by atoms with Gasteiger partial charge in [-0.25, -0.2) is 8.42 Å². The van der Waals surface area contributed by atoms with Gasteiger partial charge in [-0.15, -0.1) is 0 Å². The first kappa shape index (κ1) is 21.3. The number of halogens is 1. The fourth-order valence-corrected chi connectivity index (χ4v) is 5.57. The summed E-state index contributed by atoms with van der Waals surface area (Å²) in [6, 6.07) is 12.8. The summed E-state index contributed by atoms with van der Waals surface area (Å²) in [4.78, 5) is 7.03. The van der Waals surface area contributed by atoms with Crippen molar-refractivity contribution in [3.8, 4) is 0 Å². The number of piperidine rings is 1. The van der Waals surface area contributed by atoms with Gasteiger partial charge in [0.05, 0.1) is 24.6 Å². The van der Waals surface area contributed by atoms with Crippen LogP contribution in [0.5, 0.6) is 0 Å². The molecule has 2 saturated heterocycles. The van der Waals surface area contributed by atoms with Crippen LogP contribution < -0.4 is 4.90 Å². The number of anilines is 1. The minimum atomic E-state index is -3.63. The number of hydrogen-bond acceptors (Lipinski definition) is 5. The van der Waals surface area contributed by atoms with E-state index < -0.39 is 10.0 Å². The van der Waals surface area contributed by atoms with E-state index in [0.29, 0.717) is 41.9 Å². The van der Waals surface area contributed by atoms with Crippen LogP contribution in [0.4, 0.5) is 11.4 Å². The second-order valence-electron chi connectivity index (χ2n) is 7.53. The van der Waals surface area contributed by atoms with Gasteiger partial charge in [0, 0.05) is 37.4 Å². The number of nitrogens with zero attached hydrogens (tertiary/aromatic N) is 3. The maximum Gasteiger partial charge on any atom is 0.245 e. The van der Waals surface area contributed by atoms with Crippen LogP contribution in [0.15, 0.2) is 52.4 Å². The van der Waals surface area contributed by atoms with Crippen molar-refractivity contribution in [3.63, 3.8) is 0 Å². The average Bonchev–Trinajstić information content (AvgIpc) is 2.80. The summed E-state index contributed by atoms with van der Waals surface area (Å²) >= 11 is 5.94. The van der Waals surface area contributed by atoms with Gasteiger partial charge in [-0.05, 0) is 55.2 Å². The molecule has 4 rings (SSSR count). The Morgan fingerprint density at radius 2 is 1.63 bits per heavy atom. The van der Waals surface area contributed by atoms with E-state index in [1.54, 1.807) is 24.4 Å². The highest BCUT2D eigenvalue weighted by molar-refractivity contribution is 7.89. The van der Waals surface area contributed by atoms with Gasteiger partial charge >= 0.3 is 0 Å². The zero-order valence-electron chi connectivity index (χ0n) is 16.8. The van der Waals surface area contributed by atoms with E-state index in [0.717, 1.165) is 37.2 Å². The summed E-state index contributed by atoms with van der Waals surface area (Å²) in [6.07, 6.45) is 5.06. The third-order valence-electron chi connectivity index (χ3n) is 5.46. The van der Waals surface area contributed by atoms with Crippen LogP contribution in [0.1, 0.15) is 24.8 Å². The molecule has 0 unspecified atom stereocenters. The first-order valence-corrected chi connectivity index (χ1v) is 12.1. The second-order valence-corrected chi connectivity index (χ2v) is 9.87. The molecule has 2 fully saturated rings. The summed E-state index contributed by atoms with van der Waals surface area (Å²) in [6.45, 7) is 3.34. The molecule has 0 bridgehead atoms. The van der Waals surface area contributed by atoms with Crippen molar-refractivity contribution >= 4 is 39.2 Å². The molecule has 160 valence electrons. The van der Waals surface area contributed by atoms with Crippen molar-refractivity contribution in [2.24, 2.45) is 4.99 Å². The minimum absolute atomic E-state index is 0.331. The van der Waals surface area contributed by atoms with Gasteiger partial charge in [0.1, 0.15) is 4.90 Å². The van der Waals surface area contributed by atoms with Crippen molar-refractivity contribution in [1.82, 2.24) is 4.31 Å². The first-order valence-electron chi connectivity index (χ1n) is 10.3. The van der Waals surface area contributed by atoms with Gasteiger partial charge in [0.25, 0.3) is 0 Å². The monoisotopic (exact) mass is 447 g/mol. The van der Waals surface area contributed by atoms with Crippen molar-refractivity contribution in [2.75, 3.05) is 44.3 Å². The number of morpholine rings is 1. The largest absolute Gasteiger partial charge is 0.379 e. The van der Waals surface area contributed by atoms with Crippen LogP contribution >= 0.6 is 11.6 Å². The highest BCUT2D eigenvalue weighted by Crippen LogP contribution is 2.33. The molecule has 6 nitrogen and oxygen atoms in total. The molecule has 0 atom stereocenters.